The molecular formula is C21H43N5O7. The molecule has 12 nitrogen and oxygen atoms in total. The van der Waals surface area contributed by atoms with Gasteiger partial charge in [0, 0.05) is 18.1 Å². The first-order valence-electron chi connectivity index (χ1n) is 11.8. The van der Waals surface area contributed by atoms with Gasteiger partial charge in [-0.1, -0.05) is 0 Å². The molecule has 0 bridgehead atoms. The van der Waals surface area contributed by atoms with Gasteiger partial charge < -0.3 is 62.1 Å². The highest BCUT2D eigenvalue weighted by Gasteiger charge is 2.50. The molecule has 0 aromatic carbocycles. The minimum atomic E-state index is -1.29. The third-order valence-electron chi connectivity index (χ3n) is 7.24. The zero-order valence-corrected chi connectivity index (χ0v) is 20.0. The molecule has 11 N–H and O–H groups in total. The van der Waals surface area contributed by atoms with Crippen molar-refractivity contribution >= 4 is 0 Å². The van der Waals surface area contributed by atoms with E-state index in [1.165, 1.54) is 0 Å². The molecule has 2 heterocycles. The number of aliphatic hydroxyl groups is 3. The van der Waals surface area contributed by atoms with Crippen LogP contribution >= 0.6 is 0 Å². The highest BCUT2D eigenvalue weighted by atomic mass is 16.7. The van der Waals surface area contributed by atoms with E-state index in [9.17, 15) is 15.3 Å². The van der Waals surface area contributed by atoms with Gasteiger partial charge in [0.05, 0.1) is 24.8 Å². The summed E-state index contributed by atoms with van der Waals surface area (Å²) in [5, 5.41) is 38.3. The van der Waals surface area contributed by atoms with Crippen molar-refractivity contribution in [2.75, 3.05) is 20.7 Å². The number of likely N-dealkylation sites (N-methyl/N-ethyl adjacent to an activating group) is 2. The van der Waals surface area contributed by atoms with E-state index >= 15 is 0 Å². The van der Waals surface area contributed by atoms with Crippen molar-refractivity contribution in [3.63, 3.8) is 0 Å². The zero-order chi connectivity index (χ0) is 24.5. The first-order chi connectivity index (χ1) is 15.5. The Hall–Kier alpha value is -0.480. The van der Waals surface area contributed by atoms with Crippen molar-refractivity contribution < 1.29 is 34.3 Å². The van der Waals surface area contributed by atoms with E-state index in [2.05, 4.69) is 10.6 Å². The average molecular weight is 478 g/mol. The Bertz CT molecular complexity index is 632. The second kappa shape index (κ2) is 11.1. The van der Waals surface area contributed by atoms with Crippen molar-refractivity contribution in [2.45, 2.75) is 112 Å². The Morgan fingerprint density at radius 2 is 1.58 bits per heavy atom. The van der Waals surface area contributed by atoms with Gasteiger partial charge in [0.1, 0.15) is 30.0 Å². The van der Waals surface area contributed by atoms with E-state index in [4.69, 9.17) is 36.1 Å². The first kappa shape index (κ1) is 27.1. The predicted octanol–water partition coefficient (Wildman–Crippen LogP) is -3.33. The molecule has 6 unspecified atom stereocenters. The molecule has 0 amide bonds. The van der Waals surface area contributed by atoms with Gasteiger partial charge in [0.25, 0.3) is 0 Å². The Kier molecular flexibility index (Phi) is 9.09. The third kappa shape index (κ3) is 5.85. The standard InChI is InChI=1S/C21H43N5O7/c1-9(25-3)13-6-5-10(22)19(31-13)32-16-11(23)7-12(24)17(14(16)27)33-20-15(28)18(26-4)21(2,29)8-30-20/h9-20,25-29H,5-8,22-24H2,1-4H3/t9?,10-,11?,12-,13+,14-,15-,16+,17?,18+,19?,20?,21?/m1/s1. The van der Waals surface area contributed by atoms with E-state index < -0.39 is 60.7 Å². The maximum atomic E-state index is 11.1. The van der Waals surface area contributed by atoms with Gasteiger partial charge >= 0.3 is 0 Å². The molecule has 12 heteroatoms. The Morgan fingerprint density at radius 1 is 0.970 bits per heavy atom. The molecule has 0 aromatic heterocycles. The molecule has 13 atom stereocenters. The lowest BCUT2D eigenvalue weighted by Gasteiger charge is -2.48. The summed E-state index contributed by atoms with van der Waals surface area (Å²) in [4.78, 5) is 0. The molecule has 0 aromatic rings. The molecule has 33 heavy (non-hydrogen) atoms. The van der Waals surface area contributed by atoms with Crippen molar-refractivity contribution in [3.05, 3.63) is 0 Å². The van der Waals surface area contributed by atoms with Crippen LogP contribution in [0, 0.1) is 0 Å². The fourth-order valence-corrected chi connectivity index (χ4v) is 5.04. The highest BCUT2D eigenvalue weighted by Crippen LogP contribution is 2.31. The number of aliphatic hydroxyl groups excluding tert-OH is 2. The summed E-state index contributed by atoms with van der Waals surface area (Å²) in [5.74, 6) is 0. The van der Waals surface area contributed by atoms with Crippen LogP contribution in [0.1, 0.15) is 33.1 Å². The molecular weight excluding hydrogens is 434 g/mol. The normalized spacial score (nSPS) is 50.2. The van der Waals surface area contributed by atoms with Crippen molar-refractivity contribution in [3.8, 4) is 0 Å². The molecule has 3 rings (SSSR count). The van der Waals surface area contributed by atoms with Crippen molar-refractivity contribution in [1.82, 2.24) is 10.6 Å². The molecule has 194 valence electrons. The SMILES string of the molecule is CNC(C)[C@@H]1CC[C@@H](N)C(O[C@H]2C(N)C[C@@H](N)C(OC3OCC(C)(O)[C@@H](NC)[C@H]3O)[C@@H]2O)O1. The molecule has 3 fully saturated rings. The minimum absolute atomic E-state index is 0.0620. The highest BCUT2D eigenvalue weighted by molar-refractivity contribution is 5.02. The Balaban J connectivity index is 1.68. The summed E-state index contributed by atoms with van der Waals surface area (Å²) in [5.41, 5.74) is 17.5. The quantitative estimate of drug-likeness (QED) is 0.182. The predicted molar refractivity (Wildman–Crippen MR) is 120 cm³/mol. The van der Waals surface area contributed by atoms with Crippen molar-refractivity contribution in [2.24, 2.45) is 17.2 Å². The number of rotatable bonds is 7. The van der Waals surface area contributed by atoms with E-state index in [0.29, 0.717) is 12.8 Å². The zero-order valence-electron chi connectivity index (χ0n) is 20.0. The van der Waals surface area contributed by atoms with Crippen LogP contribution in [0.5, 0.6) is 0 Å². The van der Waals surface area contributed by atoms with Crippen LogP contribution in [0.25, 0.3) is 0 Å². The topological polar surface area (TPSA) is 200 Å². The number of nitrogens with two attached hydrogens (primary N) is 3. The van der Waals surface area contributed by atoms with Crippen LogP contribution in [0.4, 0.5) is 0 Å². The minimum Gasteiger partial charge on any atom is -0.388 e. The van der Waals surface area contributed by atoms with Crippen LogP contribution in [-0.4, -0.2) is 115 Å². The van der Waals surface area contributed by atoms with Gasteiger partial charge in [-0.25, -0.2) is 0 Å². The largest absolute Gasteiger partial charge is 0.388 e. The first-order valence-corrected chi connectivity index (χ1v) is 11.8. The maximum Gasteiger partial charge on any atom is 0.185 e. The lowest BCUT2D eigenvalue weighted by atomic mass is 9.84. The van der Waals surface area contributed by atoms with Crippen LogP contribution in [0.2, 0.25) is 0 Å². The molecule has 0 spiro atoms. The second-order valence-corrected chi connectivity index (χ2v) is 9.91. The molecule has 3 aliphatic rings. The molecule has 1 saturated carbocycles. The Labute approximate surface area is 195 Å². The van der Waals surface area contributed by atoms with Crippen LogP contribution in [0.15, 0.2) is 0 Å². The summed E-state index contributed by atoms with van der Waals surface area (Å²) in [6, 6.07) is -2.11. The summed E-state index contributed by atoms with van der Waals surface area (Å²) in [7, 11) is 3.49. The fraction of sp³-hybridized carbons (Fsp3) is 1.00. The summed E-state index contributed by atoms with van der Waals surface area (Å²) in [6.45, 7) is 3.52. The summed E-state index contributed by atoms with van der Waals surface area (Å²) >= 11 is 0. The number of nitrogens with one attached hydrogen (secondary N) is 2. The maximum absolute atomic E-state index is 11.1. The fourth-order valence-electron chi connectivity index (χ4n) is 5.04. The van der Waals surface area contributed by atoms with Gasteiger partial charge in [-0.05, 0) is 47.2 Å². The molecule has 1 aliphatic carbocycles. The lowest BCUT2D eigenvalue weighted by molar-refractivity contribution is -0.307. The van der Waals surface area contributed by atoms with E-state index in [-0.39, 0.29) is 24.8 Å². The molecule has 2 aliphatic heterocycles. The van der Waals surface area contributed by atoms with Gasteiger partial charge in [-0.2, -0.15) is 0 Å². The lowest BCUT2D eigenvalue weighted by Crippen LogP contribution is -2.68. The van der Waals surface area contributed by atoms with Gasteiger partial charge in [0.2, 0.25) is 0 Å². The van der Waals surface area contributed by atoms with Gasteiger partial charge in [-0.15, -0.1) is 0 Å². The number of hydrogen-bond acceptors (Lipinski definition) is 12. The van der Waals surface area contributed by atoms with Crippen LogP contribution in [-0.2, 0) is 18.9 Å². The monoisotopic (exact) mass is 477 g/mol. The molecule has 0 radical (unpaired) electrons. The molecule has 2 saturated heterocycles. The number of hydrogen-bond donors (Lipinski definition) is 8. The smallest absolute Gasteiger partial charge is 0.185 e. The Morgan fingerprint density at radius 3 is 2.15 bits per heavy atom. The van der Waals surface area contributed by atoms with E-state index in [0.717, 1.165) is 6.42 Å². The summed E-state index contributed by atoms with van der Waals surface area (Å²) < 4.78 is 23.7. The second-order valence-electron chi connectivity index (χ2n) is 9.91. The number of ether oxygens (including phenoxy) is 4. The van der Waals surface area contributed by atoms with Crippen molar-refractivity contribution in [1.29, 1.82) is 0 Å². The van der Waals surface area contributed by atoms with Gasteiger partial charge in [-0.3, -0.25) is 0 Å². The summed E-state index contributed by atoms with van der Waals surface area (Å²) in [6.07, 6.45) is -4.22. The van der Waals surface area contributed by atoms with Crippen LogP contribution in [0.3, 0.4) is 0 Å². The van der Waals surface area contributed by atoms with E-state index in [1.54, 1.807) is 14.0 Å². The average Bonchev–Trinajstić information content (AvgIpc) is 2.76. The van der Waals surface area contributed by atoms with E-state index in [1.807, 2.05) is 14.0 Å². The van der Waals surface area contributed by atoms with Crippen LogP contribution < -0.4 is 27.8 Å². The third-order valence-corrected chi connectivity index (χ3v) is 7.24. The van der Waals surface area contributed by atoms with Gasteiger partial charge in [0.15, 0.2) is 12.6 Å².